The van der Waals surface area contributed by atoms with Crippen molar-refractivity contribution >= 4 is 23.6 Å². The Morgan fingerprint density at radius 1 is 0.780 bits per heavy atom. The SMILES string of the molecule is CCN=C(N)CCCCCCCN(CCCCCCCC(=N)CCCCCCCCN)CC(O)COC(=O)NC(C)(C)c1ccc(C(C)(C)CC(=O)OCCOC)cc1. The van der Waals surface area contributed by atoms with Crippen molar-refractivity contribution in [2.75, 3.05) is 59.7 Å². The molecule has 59 heavy (non-hydrogen) atoms. The summed E-state index contributed by atoms with van der Waals surface area (Å²) in [5, 5.41) is 22.3. The van der Waals surface area contributed by atoms with Gasteiger partial charge in [0.05, 0.1) is 24.4 Å². The first kappa shape index (κ1) is 54.0. The predicted octanol–water partition coefficient (Wildman–Crippen LogP) is 8.94. The third kappa shape index (κ3) is 27.4. The summed E-state index contributed by atoms with van der Waals surface area (Å²) in [6.07, 6.45) is 19.8. The van der Waals surface area contributed by atoms with Gasteiger partial charge in [0, 0.05) is 37.7 Å². The lowest BCUT2D eigenvalue weighted by Gasteiger charge is -2.29. The first-order chi connectivity index (χ1) is 28.2. The zero-order valence-corrected chi connectivity index (χ0v) is 38.2. The summed E-state index contributed by atoms with van der Waals surface area (Å²) in [5.74, 6) is 0.471. The molecule has 0 spiro atoms. The molecule has 12 nitrogen and oxygen atoms in total. The molecule has 0 aliphatic rings. The van der Waals surface area contributed by atoms with E-state index >= 15 is 0 Å². The van der Waals surface area contributed by atoms with Crippen LogP contribution >= 0.6 is 0 Å². The number of benzene rings is 1. The van der Waals surface area contributed by atoms with Crippen LogP contribution in [-0.4, -0.2) is 99.4 Å². The molecule has 0 aliphatic carbocycles. The lowest BCUT2D eigenvalue weighted by molar-refractivity contribution is -0.146. The molecule has 1 amide bonds. The topological polar surface area (TPSA) is 186 Å². The number of methoxy groups -OCH3 is 1. The van der Waals surface area contributed by atoms with Crippen LogP contribution in [0.15, 0.2) is 29.3 Å². The van der Waals surface area contributed by atoms with E-state index in [4.69, 9.17) is 31.1 Å². The Morgan fingerprint density at radius 3 is 1.83 bits per heavy atom. The molecule has 0 heterocycles. The summed E-state index contributed by atoms with van der Waals surface area (Å²) in [6.45, 7) is 14.1. The molecule has 1 aromatic carbocycles. The summed E-state index contributed by atoms with van der Waals surface area (Å²) < 4.78 is 15.8. The van der Waals surface area contributed by atoms with Gasteiger partial charge in [-0.3, -0.25) is 9.79 Å². The number of esters is 1. The number of nitrogens with zero attached hydrogens (tertiary/aromatic N) is 2. The fourth-order valence-corrected chi connectivity index (χ4v) is 7.24. The molecule has 0 aromatic heterocycles. The van der Waals surface area contributed by atoms with Gasteiger partial charge in [-0.25, -0.2) is 4.79 Å². The molecule has 12 heteroatoms. The minimum absolute atomic E-state index is 0.0903. The van der Waals surface area contributed by atoms with Crippen LogP contribution in [0.25, 0.3) is 0 Å². The van der Waals surface area contributed by atoms with E-state index < -0.39 is 23.2 Å². The van der Waals surface area contributed by atoms with Crippen molar-refractivity contribution in [3.8, 4) is 0 Å². The molecule has 0 saturated carbocycles. The van der Waals surface area contributed by atoms with Crippen LogP contribution in [0.2, 0.25) is 0 Å². The van der Waals surface area contributed by atoms with Gasteiger partial charge in [0.25, 0.3) is 0 Å². The van der Waals surface area contributed by atoms with Crippen molar-refractivity contribution in [1.82, 2.24) is 10.2 Å². The summed E-state index contributed by atoms with van der Waals surface area (Å²) in [5.41, 5.74) is 13.1. The molecule has 0 aliphatic heterocycles. The second-order valence-electron chi connectivity index (χ2n) is 17.4. The Bertz CT molecular complexity index is 1290. The molecule has 1 unspecified atom stereocenters. The van der Waals surface area contributed by atoms with Gasteiger partial charge in [0.1, 0.15) is 19.3 Å². The van der Waals surface area contributed by atoms with E-state index in [-0.39, 0.29) is 25.6 Å². The summed E-state index contributed by atoms with van der Waals surface area (Å²) in [6, 6.07) is 7.87. The number of rotatable bonds is 37. The molecule has 1 rings (SSSR count). The number of unbranched alkanes of at least 4 members (excludes halogenated alkanes) is 13. The van der Waals surface area contributed by atoms with E-state index in [1.807, 2.05) is 58.9 Å². The minimum Gasteiger partial charge on any atom is -0.463 e. The Kier molecular flexibility index (Phi) is 29.9. The third-order valence-electron chi connectivity index (χ3n) is 11.0. The van der Waals surface area contributed by atoms with Gasteiger partial charge in [-0.05, 0) is 103 Å². The fourth-order valence-electron chi connectivity index (χ4n) is 7.24. The second-order valence-corrected chi connectivity index (χ2v) is 17.4. The number of hydrogen-bond acceptors (Lipinski definition) is 10. The number of aliphatic hydroxyl groups is 1. The van der Waals surface area contributed by atoms with Crippen LogP contribution in [-0.2, 0) is 30.0 Å². The highest BCUT2D eigenvalue weighted by atomic mass is 16.6. The van der Waals surface area contributed by atoms with Crippen LogP contribution < -0.4 is 16.8 Å². The highest BCUT2D eigenvalue weighted by molar-refractivity contribution is 5.81. The molecule has 7 N–H and O–H groups in total. The van der Waals surface area contributed by atoms with Crippen LogP contribution in [0.3, 0.4) is 0 Å². The normalized spacial score (nSPS) is 12.8. The van der Waals surface area contributed by atoms with Crippen LogP contribution in [0.4, 0.5) is 4.79 Å². The highest BCUT2D eigenvalue weighted by Gasteiger charge is 2.28. The minimum atomic E-state index is -0.802. The molecule has 1 atom stereocenters. The maximum Gasteiger partial charge on any atom is 0.407 e. The van der Waals surface area contributed by atoms with Crippen molar-refractivity contribution < 1.29 is 28.9 Å². The van der Waals surface area contributed by atoms with Crippen molar-refractivity contribution in [2.45, 2.75) is 180 Å². The second kappa shape index (κ2) is 32.7. The average molecular weight is 831 g/mol. The van der Waals surface area contributed by atoms with Crippen molar-refractivity contribution in [3.05, 3.63) is 35.4 Å². The molecule has 0 saturated heterocycles. The van der Waals surface area contributed by atoms with Crippen LogP contribution in [0.1, 0.15) is 174 Å². The summed E-state index contributed by atoms with van der Waals surface area (Å²) in [4.78, 5) is 31.9. The van der Waals surface area contributed by atoms with E-state index in [1.54, 1.807) is 7.11 Å². The molecule has 0 fully saturated rings. The van der Waals surface area contributed by atoms with Gasteiger partial charge in [0.15, 0.2) is 0 Å². The maximum atomic E-state index is 13.0. The quantitative estimate of drug-likeness (QED) is 0.0189. The van der Waals surface area contributed by atoms with Crippen molar-refractivity contribution in [2.24, 2.45) is 16.5 Å². The molecule has 1 aromatic rings. The lowest BCUT2D eigenvalue weighted by Crippen LogP contribution is -2.43. The zero-order chi connectivity index (χ0) is 43.8. The van der Waals surface area contributed by atoms with Gasteiger partial charge >= 0.3 is 12.1 Å². The number of carbonyl (C=O) groups excluding carboxylic acids is 2. The number of aliphatic hydroxyl groups excluding tert-OH is 1. The number of ether oxygens (including phenoxy) is 3. The van der Waals surface area contributed by atoms with Gasteiger partial charge in [-0.15, -0.1) is 0 Å². The first-order valence-corrected chi connectivity index (χ1v) is 22.9. The Balaban J connectivity index is 2.57. The van der Waals surface area contributed by atoms with E-state index in [9.17, 15) is 14.7 Å². The number of nitrogens with two attached hydrogens (primary N) is 2. The predicted molar refractivity (Wildman–Crippen MR) is 244 cm³/mol. The van der Waals surface area contributed by atoms with Crippen molar-refractivity contribution in [1.29, 1.82) is 5.41 Å². The zero-order valence-electron chi connectivity index (χ0n) is 38.2. The van der Waals surface area contributed by atoms with Crippen LogP contribution in [0, 0.1) is 5.41 Å². The standard InChI is InChI=1S/C47H86N6O6/c1-7-51-43(50)26-20-14-11-17-23-33-53(32-22-16-10-13-19-25-41(49)24-18-12-8-9-15-21-31-48)37-42(54)38-59-45(56)52-47(4,5)40-29-27-39(28-30-40)46(2,3)36-44(55)58-35-34-57-6/h27-30,42,49,54H,7-26,31-38,48H2,1-6H3,(H2,50,51)(H,52,56). The lowest BCUT2D eigenvalue weighted by atomic mass is 9.80. The summed E-state index contributed by atoms with van der Waals surface area (Å²) in [7, 11) is 1.57. The van der Waals surface area contributed by atoms with Gasteiger partial charge in [-0.1, -0.05) is 102 Å². The van der Waals surface area contributed by atoms with Crippen LogP contribution in [0.5, 0.6) is 0 Å². The number of aliphatic imine (C=N–C) groups is 1. The van der Waals surface area contributed by atoms with E-state index in [0.29, 0.717) is 13.2 Å². The molecular weight excluding hydrogens is 745 g/mol. The number of carbonyl (C=O) groups is 2. The monoisotopic (exact) mass is 831 g/mol. The maximum absolute atomic E-state index is 13.0. The van der Waals surface area contributed by atoms with Crippen molar-refractivity contribution in [3.63, 3.8) is 0 Å². The molecule has 0 bridgehead atoms. The number of nitrogens with one attached hydrogen (secondary N) is 2. The van der Waals surface area contributed by atoms with E-state index in [0.717, 1.165) is 145 Å². The average Bonchev–Trinajstić information content (AvgIpc) is 3.18. The number of alkyl carbamates (subject to hydrolysis) is 1. The van der Waals surface area contributed by atoms with Gasteiger partial charge < -0.3 is 46.4 Å². The smallest absolute Gasteiger partial charge is 0.407 e. The van der Waals surface area contributed by atoms with E-state index in [1.165, 1.54) is 25.7 Å². The Labute approximate surface area is 358 Å². The molecular formula is C47H86N6O6. The largest absolute Gasteiger partial charge is 0.463 e. The number of amidine groups is 1. The number of amides is 1. The first-order valence-electron chi connectivity index (χ1n) is 22.9. The number of hydrogen-bond donors (Lipinski definition) is 5. The third-order valence-corrected chi connectivity index (χ3v) is 11.0. The highest BCUT2D eigenvalue weighted by Crippen LogP contribution is 2.30. The fraction of sp³-hybridized carbons (Fsp3) is 0.787. The summed E-state index contributed by atoms with van der Waals surface area (Å²) >= 11 is 0. The molecule has 0 radical (unpaired) electrons. The molecule has 340 valence electrons. The van der Waals surface area contributed by atoms with Gasteiger partial charge in [0.2, 0.25) is 0 Å². The Morgan fingerprint density at radius 2 is 1.29 bits per heavy atom. The van der Waals surface area contributed by atoms with E-state index in [2.05, 4.69) is 15.2 Å². The Hall–Kier alpha value is -3.06. The van der Waals surface area contributed by atoms with Gasteiger partial charge in [-0.2, -0.15) is 0 Å².